The summed E-state index contributed by atoms with van der Waals surface area (Å²) in [6.07, 6.45) is 0. The van der Waals surface area contributed by atoms with Crippen LogP contribution in [-0.2, 0) is 15.0 Å². The number of Topliss-reactive ketones (excluding diaryl/α,β-unsaturated/α-hetero) is 2. The zero-order chi connectivity index (χ0) is 13.9. The van der Waals surface area contributed by atoms with Gasteiger partial charge in [0.15, 0.2) is 5.78 Å². The van der Waals surface area contributed by atoms with Gasteiger partial charge in [-0.15, -0.1) is 0 Å². The van der Waals surface area contributed by atoms with E-state index in [4.69, 9.17) is 0 Å². The first-order valence-electron chi connectivity index (χ1n) is 6.23. The molecule has 0 aliphatic carbocycles. The molecule has 0 spiro atoms. The molecule has 2 nitrogen and oxygen atoms in total. The lowest BCUT2D eigenvalue weighted by Crippen LogP contribution is -2.38. The standard InChI is InChI=1S/C17H16O2/c1-13(18)16(19)17(2,14-9-5-3-6-10-14)15-11-7-4-8-12-15/h3-12H,1-2H3. The summed E-state index contributed by atoms with van der Waals surface area (Å²) in [4.78, 5) is 24.0. The quantitative estimate of drug-likeness (QED) is 0.783. The van der Waals surface area contributed by atoms with Crippen LogP contribution in [0.3, 0.4) is 0 Å². The number of hydrogen-bond acceptors (Lipinski definition) is 2. The molecule has 19 heavy (non-hydrogen) atoms. The Balaban J connectivity index is 2.64. The third kappa shape index (κ3) is 2.34. The van der Waals surface area contributed by atoms with Crippen LogP contribution in [0.15, 0.2) is 60.7 Å². The fraction of sp³-hybridized carbons (Fsp3) is 0.176. The highest BCUT2D eigenvalue weighted by Crippen LogP contribution is 2.33. The Kier molecular flexibility index (Phi) is 3.61. The fourth-order valence-corrected chi connectivity index (χ4v) is 2.32. The number of carbonyl (C=O) groups is 2. The van der Waals surface area contributed by atoms with Gasteiger partial charge in [-0.2, -0.15) is 0 Å². The minimum atomic E-state index is -0.922. The average Bonchev–Trinajstić information content (AvgIpc) is 2.47. The summed E-state index contributed by atoms with van der Waals surface area (Å²) in [6, 6.07) is 18.8. The van der Waals surface area contributed by atoms with E-state index in [1.807, 2.05) is 60.7 Å². The van der Waals surface area contributed by atoms with Crippen molar-refractivity contribution in [2.75, 3.05) is 0 Å². The van der Waals surface area contributed by atoms with Crippen molar-refractivity contribution in [1.29, 1.82) is 0 Å². The van der Waals surface area contributed by atoms with Crippen LogP contribution < -0.4 is 0 Å². The molecule has 0 saturated carbocycles. The maximum atomic E-state index is 12.4. The van der Waals surface area contributed by atoms with Crippen molar-refractivity contribution >= 4 is 11.6 Å². The van der Waals surface area contributed by atoms with E-state index in [1.165, 1.54) is 6.92 Å². The third-order valence-corrected chi connectivity index (χ3v) is 3.48. The second-order valence-corrected chi connectivity index (χ2v) is 4.74. The summed E-state index contributed by atoms with van der Waals surface area (Å²) in [6.45, 7) is 3.13. The zero-order valence-electron chi connectivity index (χ0n) is 11.1. The summed E-state index contributed by atoms with van der Waals surface area (Å²) < 4.78 is 0. The first-order valence-corrected chi connectivity index (χ1v) is 6.23. The summed E-state index contributed by atoms with van der Waals surface area (Å²) in [7, 11) is 0. The van der Waals surface area contributed by atoms with Gasteiger partial charge >= 0.3 is 0 Å². The molecule has 0 saturated heterocycles. The largest absolute Gasteiger partial charge is 0.291 e. The van der Waals surface area contributed by atoms with E-state index in [9.17, 15) is 9.59 Å². The molecular weight excluding hydrogens is 236 g/mol. The minimum absolute atomic E-state index is 0.384. The highest BCUT2D eigenvalue weighted by atomic mass is 16.2. The smallest absolute Gasteiger partial charge is 0.212 e. The highest BCUT2D eigenvalue weighted by Gasteiger charge is 2.38. The van der Waals surface area contributed by atoms with Crippen molar-refractivity contribution in [3.63, 3.8) is 0 Å². The second-order valence-electron chi connectivity index (χ2n) is 4.74. The van der Waals surface area contributed by atoms with Crippen molar-refractivity contribution < 1.29 is 9.59 Å². The predicted molar refractivity (Wildman–Crippen MR) is 75.0 cm³/mol. The molecule has 0 aliphatic rings. The lowest BCUT2D eigenvalue weighted by Gasteiger charge is -2.28. The van der Waals surface area contributed by atoms with Gasteiger partial charge in [0.2, 0.25) is 5.78 Å². The lowest BCUT2D eigenvalue weighted by atomic mass is 9.72. The molecule has 0 bridgehead atoms. The Morgan fingerprint density at radius 1 is 0.789 bits per heavy atom. The van der Waals surface area contributed by atoms with Gasteiger partial charge in [-0.05, 0) is 18.1 Å². The molecule has 0 unspecified atom stereocenters. The third-order valence-electron chi connectivity index (χ3n) is 3.48. The number of rotatable bonds is 4. The van der Waals surface area contributed by atoms with Crippen LogP contribution >= 0.6 is 0 Å². The Morgan fingerprint density at radius 2 is 1.16 bits per heavy atom. The van der Waals surface area contributed by atoms with Gasteiger partial charge in [0.1, 0.15) is 0 Å². The monoisotopic (exact) mass is 252 g/mol. The molecule has 0 radical (unpaired) electrons. The van der Waals surface area contributed by atoms with Gasteiger partial charge < -0.3 is 0 Å². The van der Waals surface area contributed by atoms with Gasteiger partial charge in [0, 0.05) is 6.92 Å². The highest BCUT2D eigenvalue weighted by molar-refractivity contribution is 6.40. The topological polar surface area (TPSA) is 34.1 Å². The molecule has 0 aliphatic heterocycles. The van der Waals surface area contributed by atoms with Crippen LogP contribution in [0.5, 0.6) is 0 Å². The fourth-order valence-electron chi connectivity index (χ4n) is 2.32. The number of ketones is 2. The molecule has 2 aromatic carbocycles. The van der Waals surface area contributed by atoms with Gasteiger partial charge in [-0.25, -0.2) is 0 Å². The average molecular weight is 252 g/mol. The maximum absolute atomic E-state index is 12.4. The van der Waals surface area contributed by atoms with Crippen molar-refractivity contribution in [2.45, 2.75) is 19.3 Å². The minimum Gasteiger partial charge on any atom is -0.291 e. The number of benzene rings is 2. The zero-order valence-corrected chi connectivity index (χ0v) is 11.1. The van der Waals surface area contributed by atoms with Crippen LogP contribution in [0.4, 0.5) is 0 Å². The van der Waals surface area contributed by atoms with Crippen LogP contribution in [0, 0.1) is 0 Å². The van der Waals surface area contributed by atoms with Crippen LogP contribution in [0.25, 0.3) is 0 Å². The first-order chi connectivity index (χ1) is 9.06. The van der Waals surface area contributed by atoms with E-state index in [1.54, 1.807) is 6.92 Å². The van der Waals surface area contributed by atoms with E-state index in [0.29, 0.717) is 0 Å². The molecule has 2 heteroatoms. The van der Waals surface area contributed by atoms with E-state index in [-0.39, 0.29) is 5.78 Å². The molecule has 0 aromatic heterocycles. The van der Waals surface area contributed by atoms with Gasteiger partial charge in [0.25, 0.3) is 0 Å². The van der Waals surface area contributed by atoms with E-state index in [2.05, 4.69) is 0 Å². The summed E-state index contributed by atoms with van der Waals surface area (Å²) in [5, 5.41) is 0. The van der Waals surface area contributed by atoms with Crippen molar-refractivity contribution in [3.8, 4) is 0 Å². The SMILES string of the molecule is CC(=O)C(=O)C(C)(c1ccccc1)c1ccccc1. The Hall–Kier alpha value is -2.22. The summed E-state index contributed by atoms with van der Waals surface area (Å²) in [5.74, 6) is -0.805. The molecule has 0 amide bonds. The molecular formula is C17H16O2. The lowest BCUT2D eigenvalue weighted by molar-refractivity contribution is -0.137. The number of hydrogen-bond donors (Lipinski definition) is 0. The molecule has 2 rings (SSSR count). The van der Waals surface area contributed by atoms with Gasteiger partial charge in [-0.3, -0.25) is 9.59 Å². The molecule has 0 heterocycles. The van der Waals surface area contributed by atoms with Crippen LogP contribution in [0.1, 0.15) is 25.0 Å². The van der Waals surface area contributed by atoms with Crippen molar-refractivity contribution in [1.82, 2.24) is 0 Å². The maximum Gasteiger partial charge on any atom is 0.212 e. The molecule has 0 atom stereocenters. The van der Waals surface area contributed by atoms with E-state index < -0.39 is 11.2 Å². The Morgan fingerprint density at radius 3 is 1.47 bits per heavy atom. The second kappa shape index (κ2) is 5.19. The van der Waals surface area contributed by atoms with Crippen molar-refractivity contribution in [2.24, 2.45) is 0 Å². The first kappa shape index (κ1) is 13.2. The predicted octanol–water partition coefficient (Wildman–Crippen LogP) is 3.15. The van der Waals surface area contributed by atoms with Gasteiger partial charge in [-0.1, -0.05) is 60.7 Å². The van der Waals surface area contributed by atoms with E-state index in [0.717, 1.165) is 11.1 Å². The molecule has 0 fully saturated rings. The Bertz CT molecular complexity index is 546. The molecule has 96 valence electrons. The molecule has 0 N–H and O–H groups in total. The number of carbonyl (C=O) groups excluding carboxylic acids is 2. The molecule has 2 aromatic rings. The Labute approximate surface area is 113 Å². The van der Waals surface area contributed by atoms with Crippen LogP contribution in [0.2, 0.25) is 0 Å². The summed E-state index contributed by atoms with van der Waals surface area (Å²) in [5.41, 5.74) is 0.747. The van der Waals surface area contributed by atoms with Crippen molar-refractivity contribution in [3.05, 3.63) is 71.8 Å². The van der Waals surface area contributed by atoms with Gasteiger partial charge in [0.05, 0.1) is 5.41 Å². The summed E-state index contributed by atoms with van der Waals surface area (Å²) >= 11 is 0. The van der Waals surface area contributed by atoms with E-state index >= 15 is 0 Å². The normalized spacial score (nSPS) is 11.1. The van der Waals surface area contributed by atoms with Crippen LogP contribution in [-0.4, -0.2) is 11.6 Å².